The molecule has 0 spiro atoms. The van der Waals surface area contributed by atoms with Gasteiger partial charge >= 0.3 is 0 Å². The number of hydrogen-bond donors (Lipinski definition) is 1. The summed E-state index contributed by atoms with van der Waals surface area (Å²) in [6, 6.07) is 13.7. The minimum Gasteiger partial charge on any atom is -0.455 e. The number of sulfonamides is 1. The van der Waals surface area contributed by atoms with Crippen LogP contribution in [0.2, 0.25) is 0 Å². The minimum absolute atomic E-state index is 0.117. The molecule has 0 bridgehead atoms. The molecule has 4 rings (SSSR count). The average Bonchev–Trinajstić information content (AvgIpc) is 3.29. The van der Waals surface area contributed by atoms with Gasteiger partial charge in [0, 0.05) is 19.5 Å². The number of carbonyl (C=O) groups is 1. The Balaban J connectivity index is 1.61. The van der Waals surface area contributed by atoms with Crippen LogP contribution in [0.4, 0.5) is 5.69 Å². The van der Waals surface area contributed by atoms with Crippen molar-refractivity contribution in [1.82, 2.24) is 4.31 Å². The van der Waals surface area contributed by atoms with E-state index >= 15 is 0 Å². The van der Waals surface area contributed by atoms with Gasteiger partial charge in [-0.15, -0.1) is 0 Å². The Bertz CT molecular complexity index is 1050. The molecule has 1 heterocycles. The summed E-state index contributed by atoms with van der Waals surface area (Å²) >= 11 is 0. The van der Waals surface area contributed by atoms with Crippen molar-refractivity contribution in [3.63, 3.8) is 0 Å². The van der Waals surface area contributed by atoms with Gasteiger partial charge in [0.05, 0.1) is 23.8 Å². The quantitative estimate of drug-likeness (QED) is 0.660. The maximum atomic E-state index is 13.1. The molecule has 1 atom stereocenters. The molecule has 31 heavy (non-hydrogen) atoms. The van der Waals surface area contributed by atoms with Crippen LogP contribution in [0.5, 0.6) is 11.5 Å². The highest BCUT2D eigenvalue weighted by Gasteiger charge is 2.27. The van der Waals surface area contributed by atoms with Crippen molar-refractivity contribution in [3.05, 3.63) is 60.7 Å². The van der Waals surface area contributed by atoms with Crippen LogP contribution >= 0.6 is 0 Å². The fourth-order valence-electron chi connectivity index (χ4n) is 3.71. The molecule has 1 amide bonds. The highest BCUT2D eigenvalue weighted by molar-refractivity contribution is 7.89. The van der Waals surface area contributed by atoms with E-state index in [2.05, 4.69) is 17.5 Å². The molecule has 0 saturated carbocycles. The second-order valence-corrected chi connectivity index (χ2v) is 9.55. The van der Waals surface area contributed by atoms with Crippen LogP contribution in [0.1, 0.15) is 19.3 Å². The Morgan fingerprint density at radius 2 is 1.90 bits per heavy atom. The molecule has 1 fully saturated rings. The largest absolute Gasteiger partial charge is 0.455 e. The van der Waals surface area contributed by atoms with E-state index in [0.29, 0.717) is 49.9 Å². The number of anilines is 1. The summed E-state index contributed by atoms with van der Waals surface area (Å²) in [5.74, 6) is 1.03. The maximum Gasteiger partial charge on any atom is 0.243 e. The van der Waals surface area contributed by atoms with Crippen LogP contribution < -0.4 is 10.1 Å². The van der Waals surface area contributed by atoms with Gasteiger partial charge in [-0.25, -0.2) is 8.42 Å². The molecule has 0 radical (unpaired) electrons. The number of nitrogens with zero attached hydrogens (tertiary/aromatic N) is 1. The molecular weight excluding hydrogens is 416 g/mol. The lowest BCUT2D eigenvalue weighted by Gasteiger charge is -2.26. The monoisotopic (exact) mass is 442 g/mol. The van der Waals surface area contributed by atoms with E-state index in [1.807, 2.05) is 18.2 Å². The second-order valence-electron chi connectivity index (χ2n) is 7.61. The highest BCUT2D eigenvalue weighted by atomic mass is 32.2. The van der Waals surface area contributed by atoms with Crippen LogP contribution in [-0.2, 0) is 19.6 Å². The summed E-state index contributed by atoms with van der Waals surface area (Å²) < 4.78 is 38.8. The second kappa shape index (κ2) is 9.64. The molecule has 2 aliphatic rings. The van der Waals surface area contributed by atoms with Crippen LogP contribution in [0.25, 0.3) is 0 Å². The van der Waals surface area contributed by atoms with E-state index in [1.54, 1.807) is 18.2 Å². The fraction of sp³-hybridized carbons (Fsp3) is 0.348. The molecule has 2 aromatic carbocycles. The van der Waals surface area contributed by atoms with Crippen LogP contribution in [-0.4, -0.2) is 44.9 Å². The Morgan fingerprint density at radius 1 is 1.13 bits per heavy atom. The van der Waals surface area contributed by atoms with Crippen molar-refractivity contribution in [2.75, 3.05) is 31.6 Å². The first-order valence-electron chi connectivity index (χ1n) is 10.4. The van der Waals surface area contributed by atoms with E-state index in [4.69, 9.17) is 9.47 Å². The zero-order valence-electron chi connectivity index (χ0n) is 17.2. The number of hydrogen-bond acceptors (Lipinski definition) is 5. The third-order valence-electron chi connectivity index (χ3n) is 5.36. The molecule has 2 aromatic rings. The first kappa shape index (κ1) is 21.5. The van der Waals surface area contributed by atoms with Crippen molar-refractivity contribution < 1.29 is 22.7 Å². The van der Waals surface area contributed by atoms with E-state index < -0.39 is 10.0 Å². The average molecular weight is 443 g/mol. The molecule has 1 saturated heterocycles. The number of benzene rings is 2. The molecular formula is C23H26N2O5S. The number of morpholine rings is 1. The standard InChI is InChI=1S/C23H26N2O5S/c26-23(16-18-6-4-5-7-18)24-21-17-20(31(27,28)25-12-14-29-15-13-25)10-11-22(21)30-19-8-2-1-3-9-19/h1-4,6,8-11,17-18H,5,7,12-16H2,(H,24,26). The van der Waals surface area contributed by atoms with Gasteiger partial charge in [-0.2, -0.15) is 4.31 Å². The molecule has 1 aliphatic carbocycles. The summed E-state index contributed by atoms with van der Waals surface area (Å²) in [5.41, 5.74) is 0.338. The Hall–Kier alpha value is -2.68. The smallest absolute Gasteiger partial charge is 0.243 e. The Kier molecular flexibility index (Phi) is 6.70. The van der Waals surface area contributed by atoms with E-state index in [-0.39, 0.29) is 16.7 Å². The minimum atomic E-state index is -3.70. The first-order valence-corrected chi connectivity index (χ1v) is 11.9. The molecule has 164 valence electrons. The SMILES string of the molecule is O=C(CC1C=CCC1)Nc1cc(S(=O)(=O)N2CCOCC2)ccc1Oc1ccccc1. The van der Waals surface area contributed by atoms with Crippen LogP contribution in [0, 0.1) is 5.92 Å². The fourth-order valence-corrected chi connectivity index (χ4v) is 5.15. The number of ether oxygens (including phenoxy) is 2. The summed E-state index contributed by atoms with van der Waals surface area (Å²) in [7, 11) is -3.70. The van der Waals surface area contributed by atoms with Gasteiger partial charge in [-0.1, -0.05) is 30.4 Å². The van der Waals surface area contributed by atoms with Crippen molar-refractivity contribution in [1.29, 1.82) is 0 Å². The summed E-state index contributed by atoms with van der Waals surface area (Å²) in [6.45, 7) is 1.35. The highest BCUT2D eigenvalue weighted by Crippen LogP contribution is 2.33. The van der Waals surface area contributed by atoms with Gasteiger partial charge in [0.25, 0.3) is 0 Å². The number of carbonyl (C=O) groups excluding carboxylic acids is 1. The molecule has 1 aliphatic heterocycles. The number of nitrogens with one attached hydrogen (secondary N) is 1. The lowest BCUT2D eigenvalue weighted by Crippen LogP contribution is -2.40. The summed E-state index contributed by atoms with van der Waals surface area (Å²) in [4.78, 5) is 12.8. The number of para-hydroxylation sites is 1. The Labute approximate surface area is 182 Å². The molecule has 1 N–H and O–H groups in total. The van der Waals surface area contributed by atoms with Gasteiger partial charge in [-0.05, 0) is 49.1 Å². The van der Waals surface area contributed by atoms with Crippen molar-refractivity contribution in [2.45, 2.75) is 24.2 Å². The predicted molar refractivity (Wildman–Crippen MR) is 118 cm³/mol. The Morgan fingerprint density at radius 3 is 2.61 bits per heavy atom. The van der Waals surface area contributed by atoms with Crippen molar-refractivity contribution >= 4 is 21.6 Å². The molecule has 8 heteroatoms. The lowest BCUT2D eigenvalue weighted by atomic mass is 10.1. The number of rotatable bonds is 7. The third kappa shape index (κ3) is 5.33. The van der Waals surface area contributed by atoms with Crippen LogP contribution in [0.3, 0.4) is 0 Å². The third-order valence-corrected chi connectivity index (χ3v) is 7.26. The molecule has 7 nitrogen and oxygen atoms in total. The van der Waals surface area contributed by atoms with Gasteiger partial charge in [-0.3, -0.25) is 4.79 Å². The van der Waals surface area contributed by atoms with Crippen molar-refractivity contribution in [3.8, 4) is 11.5 Å². The summed E-state index contributed by atoms with van der Waals surface area (Å²) in [6.07, 6.45) is 6.42. The van der Waals surface area contributed by atoms with Crippen LogP contribution in [0.15, 0.2) is 65.6 Å². The van der Waals surface area contributed by atoms with Crippen molar-refractivity contribution in [2.24, 2.45) is 5.92 Å². The van der Waals surface area contributed by atoms with E-state index in [9.17, 15) is 13.2 Å². The van der Waals surface area contributed by atoms with Gasteiger partial charge in [0.2, 0.25) is 15.9 Å². The maximum absolute atomic E-state index is 13.1. The first-order chi connectivity index (χ1) is 15.0. The normalized spacial score (nSPS) is 19.3. The van der Waals surface area contributed by atoms with Gasteiger partial charge in [0.15, 0.2) is 5.75 Å². The summed E-state index contributed by atoms with van der Waals surface area (Å²) in [5, 5.41) is 2.87. The van der Waals surface area contributed by atoms with Gasteiger partial charge in [0.1, 0.15) is 5.75 Å². The van der Waals surface area contributed by atoms with E-state index in [0.717, 1.165) is 12.8 Å². The molecule has 0 aromatic heterocycles. The predicted octanol–water partition coefficient (Wildman–Crippen LogP) is 3.79. The van der Waals surface area contributed by atoms with Gasteiger partial charge < -0.3 is 14.8 Å². The number of amides is 1. The lowest BCUT2D eigenvalue weighted by molar-refractivity contribution is -0.116. The molecule has 1 unspecified atom stereocenters. The zero-order valence-corrected chi connectivity index (χ0v) is 18.0. The van der Waals surface area contributed by atoms with E-state index in [1.165, 1.54) is 16.4 Å². The topological polar surface area (TPSA) is 84.9 Å². The number of allylic oxidation sites excluding steroid dienone is 2. The zero-order chi connectivity index (χ0) is 21.7.